The van der Waals surface area contributed by atoms with Crippen LogP contribution in [0.2, 0.25) is 0 Å². The summed E-state index contributed by atoms with van der Waals surface area (Å²) in [6.45, 7) is 1.55. The maximum atomic E-state index is 13.3. The summed E-state index contributed by atoms with van der Waals surface area (Å²) >= 11 is 0. The molecule has 0 spiro atoms. The third kappa shape index (κ3) is 6.55. The number of hydrazine groups is 1. The topological polar surface area (TPSA) is 64.6 Å². The molecule has 1 aliphatic heterocycles. The third-order valence-electron chi connectivity index (χ3n) is 4.53. The van der Waals surface area contributed by atoms with Gasteiger partial charge in [0.05, 0.1) is 6.42 Å². The van der Waals surface area contributed by atoms with E-state index in [9.17, 15) is 9.18 Å². The van der Waals surface area contributed by atoms with E-state index in [1.807, 2.05) is 13.1 Å². The van der Waals surface area contributed by atoms with Gasteiger partial charge in [0.15, 0.2) is 0 Å². The maximum Gasteiger partial charge on any atom is 0.304 e. The van der Waals surface area contributed by atoms with Crippen LogP contribution in [0.5, 0.6) is 0 Å². The fraction of sp³-hybridized carbons (Fsp3) is 0.611. The minimum absolute atomic E-state index is 0.174. The molecule has 1 aliphatic rings. The Morgan fingerprint density at radius 3 is 2.88 bits per heavy atom. The molecule has 0 aliphatic carbocycles. The van der Waals surface area contributed by atoms with Crippen LogP contribution in [0.25, 0.3) is 0 Å². The van der Waals surface area contributed by atoms with Crippen molar-refractivity contribution in [1.82, 2.24) is 15.8 Å². The van der Waals surface area contributed by atoms with Crippen molar-refractivity contribution in [2.75, 3.05) is 20.1 Å². The first-order valence-electron chi connectivity index (χ1n) is 8.71. The summed E-state index contributed by atoms with van der Waals surface area (Å²) in [7, 11) is 1.97. The Morgan fingerprint density at radius 2 is 2.12 bits per heavy atom. The van der Waals surface area contributed by atoms with E-state index in [0.717, 1.165) is 44.2 Å². The SMILES string of the molecule is CN(CCCCCC1CC(c2cccc(F)c2)NN1)CCC(=O)O. The first-order chi connectivity index (χ1) is 11.5. The number of nitrogens with one attached hydrogen (secondary N) is 2. The van der Waals surface area contributed by atoms with Gasteiger partial charge in [0.1, 0.15) is 5.82 Å². The summed E-state index contributed by atoms with van der Waals surface area (Å²) in [5.41, 5.74) is 7.56. The maximum absolute atomic E-state index is 13.3. The van der Waals surface area contributed by atoms with E-state index in [-0.39, 0.29) is 18.3 Å². The van der Waals surface area contributed by atoms with Crippen LogP contribution in [0.1, 0.15) is 50.1 Å². The summed E-state index contributed by atoms with van der Waals surface area (Å²) in [6.07, 6.45) is 5.64. The van der Waals surface area contributed by atoms with Gasteiger partial charge in [-0.2, -0.15) is 0 Å². The van der Waals surface area contributed by atoms with Gasteiger partial charge in [-0.25, -0.2) is 4.39 Å². The van der Waals surface area contributed by atoms with Crippen LogP contribution in [0.15, 0.2) is 24.3 Å². The average molecular weight is 337 g/mol. The van der Waals surface area contributed by atoms with Gasteiger partial charge in [-0.1, -0.05) is 25.0 Å². The molecule has 24 heavy (non-hydrogen) atoms. The Hall–Kier alpha value is -1.50. The predicted molar refractivity (Wildman–Crippen MR) is 92.0 cm³/mol. The number of carboxylic acid groups (broad SMARTS) is 1. The van der Waals surface area contributed by atoms with E-state index in [1.54, 1.807) is 12.1 Å². The number of carboxylic acids is 1. The highest BCUT2D eigenvalue weighted by atomic mass is 19.1. The first kappa shape index (κ1) is 18.8. The number of hydrogen-bond acceptors (Lipinski definition) is 4. The molecule has 0 radical (unpaired) electrons. The zero-order chi connectivity index (χ0) is 17.4. The van der Waals surface area contributed by atoms with Gasteiger partial charge in [-0.3, -0.25) is 15.6 Å². The van der Waals surface area contributed by atoms with E-state index in [2.05, 4.69) is 15.8 Å². The van der Waals surface area contributed by atoms with Crippen LogP contribution in [0.3, 0.4) is 0 Å². The van der Waals surface area contributed by atoms with E-state index in [1.165, 1.54) is 6.07 Å². The van der Waals surface area contributed by atoms with Crippen LogP contribution in [-0.2, 0) is 4.79 Å². The summed E-state index contributed by atoms with van der Waals surface area (Å²) < 4.78 is 13.3. The van der Waals surface area contributed by atoms with Crippen molar-refractivity contribution in [3.05, 3.63) is 35.6 Å². The largest absolute Gasteiger partial charge is 0.481 e. The van der Waals surface area contributed by atoms with E-state index in [4.69, 9.17) is 5.11 Å². The summed E-state index contributed by atoms with van der Waals surface area (Å²) in [4.78, 5) is 12.6. The number of carbonyl (C=O) groups is 1. The molecule has 2 unspecified atom stereocenters. The monoisotopic (exact) mass is 337 g/mol. The molecule has 5 nitrogen and oxygen atoms in total. The third-order valence-corrected chi connectivity index (χ3v) is 4.53. The highest BCUT2D eigenvalue weighted by molar-refractivity contribution is 5.66. The van der Waals surface area contributed by atoms with Crippen molar-refractivity contribution in [2.24, 2.45) is 0 Å². The molecular weight excluding hydrogens is 309 g/mol. The zero-order valence-corrected chi connectivity index (χ0v) is 14.3. The van der Waals surface area contributed by atoms with Gasteiger partial charge in [-0.15, -0.1) is 0 Å². The first-order valence-corrected chi connectivity index (χ1v) is 8.71. The second-order valence-corrected chi connectivity index (χ2v) is 6.63. The molecule has 6 heteroatoms. The van der Waals surface area contributed by atoms with Crippen molar-refractivity contribution in [2.45, 2.75) is 50.6 Å². The van der Waals surface area contributed by atoms with Crippen LogP contribution in [0.4, 0.5) is 4.39 Å². The molecule has 0 saturated carbocycles. The molecular formula is C18H28FN3O2. The Morgan fingerprint density at radius 1 is 1.29 bits per heavy atom. The second kappa shape index (κ2) is 9.71. The predicted octanol–water partition coefficient (Wildman–Crippen LogP) is 2.70. The van der Waals surface area contributed by atoms with Crippen LogP contribution in [-0.4, -0.2) is 42.2 Å². The lowest BCUT2D eigenvalue weighted by Crippen LogP contribution is -2.30. The number of aliphatic carboxylic acids is 1. The Balaban J connectivity index is 1.57. The summed E-state index contributed by atoms with van der Waals surface area (Å²) in [5.74, 6) is -0.931. The Kier molecular flexibility index (Phi) is 7.62. The highest BCUT2D eigenvalue weighted by Gasteiger charge is 2.24. The van der Waals surface area contributed by atoms with Crippen molar-refractivity contribution in [3.8, 4) is 0 Å². The minimum atomic E-state index is -0.741. The standard InChI is InChI=1S/C18H28FN3O2/c1-22(11-9-18(23)24)10-4-2-3-8-16-13-17(21-20-16)14-6-5-7-15(19)12-14/h5-7,12,16-17,20-21H,2-4,8-11,13H2,1H3,(H,23,24). The quantitative estimate of drug-likeness (QED) is 0.573. The summed E-state index contributed by atoms with van der Waals surface area (Å²) in [5, 5.41) is 8.65. The number of benzene rings is 1. The zero-order valence-electron chi connectivity index (χ0n) is 14.3. The second-order valence-electron chi connectivity index (χ2n) is 6.63. The van der Waals surface area contributed by atoms with Crippen LogP contribution in [0, 0.1) is 5.82 Å². The number of nitrogens with zero attached hydrogens (tertiary/aromatic N) is 1. The number of unbranched alkanes of at least 4 members (excludes halogenated alkanes) is 2. The average Bonchev–Trinajstić information content (AvgIpc) is 3.01. The Bertz CT molecular complexity index is 527. The molecule has 134 valence electrons. The van der Waals surface area contributed by atoms with E-state index < -0.39 is 5.97 Å². The molecule has 1 heterocycles. The molecule has 0 aromatic heterocycles. The molecule has 1 saturated heterocycles. The molecule has 1 aromatic rings. The number of hydrogen-bond donors (Lipinski definition) is 3. The minimum Gasteiger partial charge on any atom is -0.481 e. The normalized spacial score (nSPS) is 20.6. The van der Waals surface area contributed by atoms with Gasteiger partial charge in [0.25, 0.3) is 0 Å². The molecule has 0 bridgehead atoms. The Labute approximate surface area is 143 Å². The smallest absolute Gasteiger partial charge is 0.304 e. The van der Waals surface area contributed by atoms with Crippen molar-refractivity contribution in [3.63, 3.8) is 0 Å². The molecule has 1 aromatic carbocycles. The summed E-state index contributed by atoms with van der Waals surface area (Å²) in [6, 6.07) is 7.36. The van der Waals surface area contributed by atoms with Crippen LogP contribution < -0.4 is 10.9 Å². The van der Waals surface area contributed by atoms with Crippen molar-refractivity contribution < 1.29 is 14.3 Å². The van der Waals surface area contributed by atoms with E-state index >= 15 is 0 Å². The van der Waals surface area contributed by atoms with Crippen LogP contribution >= 0.6 is 0 Å². The molecule has 2 rings (SSSR count). The number of rotatable bonds is 10. The van der Waals surface area contributed by atoms with Gasteiger partial charge < -0.3 is 10.0 Å². The lowest BCUT2D eigenvalue weighted by Gasteiger charge is -2.15. The number of halogens is 1. The van der Waals surface area contributed by atoms with Gasteiger partial charge in [0, 0.05) is 18.6 Å². The molecule has 0 amide bonds. The highest BCUT2D eigenvalue weighted by Crippen LogP contribution is 2.24. The molecule has 3 N–H and O–H groups in total. The van der Waals surface area contributed by atoms with Crippen molar-refractivity contribution in [1.29, 1.82) is 0 Å². The molecule has 1 fully saturated rings. The fourth-order valence-electron chi connectivity index (χ4n) is 3.10. The molecule has 2 atom stereocenters. The van der Waals surface area contributed by atoms with Gasteiger partial charge in [-0.05, 0) is 50.6 Å². The van der Waals surface area contributed by atoms with Crippen molar-refractivity contribution >= 4 is 5.97 Å². The fourth-order valence-corrected chi connectivity index (χ4v) is 3.10. The van der Waals surface area contributed by atoms with E-state index in [0.29, 0.717) is 12.6 Å². The lowest BCUT2D eigenvalue weighted by molar-refractivity contribution is -0.137. The lowest BCUT2D eigenvalue weighted by atomic mass is 9.99. The van der Waals surface area contributed by atoms with Gasteiger partial charge in [0.2, 0.25) is 0 Å². The van der Waals surface area contributed by atoms with Gasteiger partial charge >= 0.3 is 5.97 Å².